The van der Waals surface area contributed by atoms with E-state index in [0.717, 1.165) is 39.2 Å². The van der Waals surface area contributed by atoms with Crippen LogP contribution < -0.4 is 5.32 Å². The molecule has 0 fully saturated rings. The Hall–Kier alpha value is -3.11. The number of fused-ring (bicyclic) bond motifs is 1. The largest absolute Gasteiger partial charge is 0.352 e. The molecule has 0 aliphatic rings. The Morgan fingerprint density at radius 3 is 2.55 bits per heavy atom. The first-order valence-corrected chi connectivity index (χ1v) is 10.00. The molecule has 146 valence electrons. The molecule has 29 heavy (non-hydrogen) atoms. The maximum atomic E-state index is 12.9. The third-order valence-electron chi connectivity index (χ3n) is 4.97. The Labute approximate surface area is 175 Å². The molecule has 2 heterocycles. The van der Waals surface area contributed by atoms with E-state index in [2.05, 4.69) is 14.9 Å². The number of aromatic nitrogens is 2. The van der Waals surface area contributed by atoms with E-state index in [1.165, 1.54) is 0 Å². The number of hydrogen-bond acceptors (Lipinski definition) is 2. The van der Waals surface area contributed by atoms with Crippen LogP contribution in [0.4, 0.5) is 0 Å². The van der Waals surface area contributed by atoms with Crippen molar-refractivity contribution in [1.82, 2.24) is 14.9 Å². The second kappa shape index (κ2) is 8.50. The van der Waals surface area contributed by atoms with Crippen molar-refractivity contribution in [2.75, 3.05) is 6.54 Å². The Balaban J connectivity index is 1.51. The summed E-state index contributed by atoms with van der Waals surface area (Å²) in [4.78, 5) is 17.2. The second-order valence-electron chi connectivity index (χ2n) is 7.13. The van der Waals surface area contributed by atoms with Crippen LogP contribution in [0.5, 0.6) is 0 Å². The molecule has 0 atom stereocenters. The Bertz CT molecular complexity index is 1130. The maximum absolute atomic E-state index is 12.9. The third-order valence-corrected chi connectivity index (χ3v) is 5.22. The average molecular weight is 404 g/mol. The number of rotatable bonds is 6. The van der Waals surface area contributed by atoms with E-state index in [-0.39, 0.29) is 5.91 Å². The van der Waals surface area contributed by atoms with E-state index in [1.54, 1.807) is 0 Å². The van der Waals surface area contributed by atoms with Crippen LogP contribution in [0, 0.1) is 6.92 Å². The SMILES string of the molecule is Cc1ccc(CCNC(=O)c2cn(Cc3ccc(Cl)cc3)c3ccccc23)cn1. The molecule has 4 nitrogen and oxygen atoms in total. The molecule has 5 heteroatoms. The summed E-state index contributed by atoms with van der Waals surface area (Å²) >= 11 is 5.99. The van der Waals surface area contributed by atoms with E-state index in [9.17, 15) is 4.79 Å². The highest BCUT2D eigenvalue weighted by atomic mass is 35.5. The van der Waals surface area contributed by atoms with Gasteiger partial charge in [-0.1, -0.05) is 48.0 Å². The first kappa shape index (κ1) is 19.2. The molecule has 0 saturated carbocycles. The molecule has 0 saturated heterocycles. The van der Waals surface area contributed by atoms with Gasteiger partial charge in [0.1, 0.15) is 0 Å². The van der Waals surface area contributed by atoms with Crippen molar-refractivity contribution >= 4 is 28.4 Å². The van der Waals surface area contributed by atoms with Crippen molar-refractivity contribution in [2.45, 2.75) is 19.9 Å². The number of halogens is 1. The minimum atomic E-state index is -0.0591. The molecule has 0 bridgehead atoms. The van der Waals surface area contributed by atoms with Crippen molar-refractivity contribution in [3.63, 3.8) is 0 Å². The Kier molecular flexibility index (Phi) is 5.63. The van der Waals surface area contributed by atoms with Gasteiger partial charge in [0.2, 0.25) is 0 Å². The van der Waals surface area contributed by atoms with Gasteiger partial charge in [-0.05, 0) is 48.7 Å². The fourth-order valence-corrected chi connectivity index (χ4v) is 3.53. The number of nitrogens with one attached hydrogen (secondary N) is 1. The molecule has 0 aliphatic carbocycles. The number of para-hydroxylation sites is 1. The van der Waals surface area contributed by atoms with Crippen molar-refractivity contribution in [1.29, 1.82) is 0 Å². The molecule has 4 rings (SSSR count). The summed E-state index contributed by atoms with van der Waals surface area (Å²) < 4.78 is 2.11. The first-order valence-electron chi connectivity index (χ1n) is 9.62. The lowest BCUT2D eigenvalue weighted by Crippen LogP contribution is -2.25. The summed E-state index contributed by atoms with van der Waals surface area (Å²) in [7, 11) is 0. The normalized spacial score (nSPS) is 11.0. The molecule has 0 spiro atoms. The van der Waals surface area contributed by atoms with Gasteiger partial charge in [-0.15, -0.1) is 0 Å². The molecular formula is C24H22ClN3O. The first-order chi connectivity index (χ1) is 14.1. The topological polar surface area (TPSA) is 46.9 Å². The fourth-order valence-electron chi connectivity index (χ4n) is 3.41. The highest BCUT2D eigenvalue weighted by molar-refractivity contribution is 6.30. The van der Waals surface area contributed by atoms with Gasteiger partial charge >= 0.3 is 0 Å². The van der Waals surface area contributed by atoms with Gasteiger partial charge in [0.15, 0.2) is 0 Å². The predicted molar refractivity (Wildman–Crippen MR) is 118 cm³/mol. The quantitative estimate of drug-likeness (QED) is 0.491. The van der Waals surface area contributed by atoms with Gasteiger partial charge in [-0.2, -0.15) is 0 Å². The maximum Gasteiger partial charge on any atom is 0.253 e. The van der Waals surface area contributed by atoms with Crippen molar-refractivity contribution in [3.05, 3.63) is 100 Å². The molecular weight excluding hydrogens is 382 g/mol. The number of nitrogens with zero attached hydrogens (tertiary/aromatic N) is 2. The van der Waals surface area contributed by atoms with E-state index in [4.69, 9.17) is 11.6 Å². The smallest absolute Gasteiger partial charge is 0.253 e. The average Bonchev–Trinajstić information content (AvgIpc) is 3.10. The summed E-state index contributed by atoms with van der Waals surface area (Å²) in [5.41, 5.74) is 4.97. The second-order valence-corrected chi connectivity index (χ2v) is 7.56. The van der Waals surface area contributed by atoms with Gasteiger partial charge in [0.25, 0.3) is 5.91 Å². The van der Waals surface area contributed by atoms with Crippen LogP contribution in [0.2, 0.25) is 5.02 Å². The lowest BCUT2D eigenvalue weighted by molar-refractivity contribution is 0.0955. The zero-order chi connectivity index (χ0) is 20.2. The number of hydrogen-bond donors (Lipinski definition) is 1. The lowest BCUT2D eigenvalue weighted by Gasteiger charge is -2.05. The van der Waals surface area contributed by atoms with Crippen LogP contribution in [0.1, 0.15) is 27.2 Å². The number of benzene rings is 2. The highest BCUT2D eigenvalue weighted by Gasteiger charge is 2.14. The summed E-state index contributed by atoms with van der Waals surface area (Å²) in [6.07, 6.45) is 4.55. The van der Waals surface area contributed by atoms with Gasteiger partial charge in [0.05, 0.1) is 5.56 Å². The predicted octanol–water partition coefficient (Wildman–Crippen LogP) is 5.02. The zero-order valence-electron chi connectivity index (χ0n) is 16.2. The standard InChI is InChI=1S/C24H22ClN3O/c1-17-6-7-18(14-27-17)12-13-26-24(29)22-16-28(23-5-3-2-4-21(22)23)15-19-8-10-20(25)11-9-19/h2-11,14,16H,12-13,15H2,1H3,(H,26,29). The number of amides is 1. The van der Waals surface area contributed by atoms with Crippen LogP contribution in [0.15, 0.2) is 73.1 Å². The monoisotopic (exact) mass is 403 g/mol. The molecule has 2 aromatic carbocycles. The third kappa shape index (κ3) is 4.49. The van der Waals surface area contributed by atoms with Crippen LogP contribution >= 0.6 is 11.6 Å². The van der Waals surface area contributed by atoms with E-state index in [1.807, 2.05) is 80.0 Å². The zero-order valence-corrected chi connectivity index (χ0v) is 17.0. The minimum Gasteiger partial charge on any atom is -0.352 e. The van der Waals surface area contributed by atoms with E-state index >= 15 is 0 Å². The molecule has 1 N–H and O–H groups in total. The number of pyridine rings is 1. The van der Waals surface area contributed by atoms with Crippen LogP contribution in [0.3, 0.4) is 0 Å². The Morgan fingerprint density at radius 2 is 1.79 bits per heavy atom. The summed E-state index contributed by atoms with van der Waals surface area (Å²) in [5, 5.41) is 4.71. The van der Waals surface area contributed by atoms with Crippen molar-refractivity contribution in [2.24, 2.45) is 0 Å². The van der Waals surface area contributed by atoms with Crippen molar-refractivity contribution < 1.29 is 4.79 Å². The van der Waals surface area contributed by atoms with Crippen molar-refractivity contribution in [3.8, 4) is 0 Å². The molecule has 0 unspecified atom stereocenters. The van der Waals surface area contributed by atoms with Gasteiger partial charge in [-0.3, -0.25) is 9.78 Å². The van der Waals surface area contributed by atoms with Crippen LogP contribution in [-0.2, 0) is 13.0 Å². The summed E-state index contributed by atoms with van der Waals surface area (Å²) in [5.74, 6) is -0.0591. The number of aryl methyl sites for hydroxylation is 1. The molecule has 0 radical (unpaired) electrons. The van der Waals surface area contributed by atoms with E-state index in [0.29, 0.717) is 18.7 Å². The molecule has 2 aromatic heterocycles. The van der Waals surface area contributed by atoms with Crippen LogP contribution in [-0.4, -0.2) is 22.0 Å². The fraction of sp³-hybridized carbons (Fsp3) is 0.167. The highest BCUT2D eigenvalue weighted by Crippen LogP contribution is 2.23. The number of carbonyl (C=O) groups excluding carboxylic acids is 1. The minimum absolute atomic E-state index is 0.0591. The molecule has 1 amide bonds. The van der Waals surface area contributed by atoms with Gasteiger partial charge < -0.3 is 9.88 Å². The number of carbonyl (C=O) groups is 1. The summed E-state index contributed by atoms with van der Waals surface area (Å²) in [6, 6.07) is 19.8. The van der Waals surface area contributed by atoms with Gasteiger partial charge in [0, 0.05) is 47.1 Å². The van der Waals surface area contributed by atoms with E-state index < -0.39 is 0 Å². The molecule has 4 aromatic rings. The molecule has 0 aliphatic heterocycles. The van der Waals surface area contributed by atoms with Crippen LogP contribution in [0.25, 0.3) is 10.9 Å². The van der Waals surface area contributed by atoms with Gasteiger partial charge in [-0.25, -0.2) is 0 Å². The Morgan fingerprint density at radius 1 is 1.03 bits per heavy atom. The summed E-state index contributed by atoms with van der Waals surface area (Å²) in [6.45, 7) is 3.21. The lowest BCUT2D eigenvalue weighted by atomic mass is 10.1.